The van der Waals surface area contributed by atoms with E-state index in [4.69, 9.17) is 0 Å². The number of aryl methyl sites for hydroxylation is 1. The van der Waals surface area contributed by atoms with Crippen LogP contribution in [-0.4, -0.2) is 43.8 Å². The van der Waals surface area contributed by atoms with Crippen LogP contribution in [-0.2, 0) is 26.2 Å². The molecule has 202 valence electrons. The number of rotatable bonds is 11. The van der Waals surface area contributed by atoms with E-state index in [2.05, 4.69) is 27.9 Å². The Labute approximate surface area is 239 Å². The quantitative estimate of drug-likeness (QED) is 0.293. The van der Waals surface area contributed by atoms with E-state index in [1.54, 1.807) is 42.5 Å². The number of halogens is 1. The third-order valence-electron chi connectivity index (χ3n) is 5.98. The van der Waals surface area contributed by atoms with Gasteiger partial charge in [-0.25, -0.2) is 8.42 Å². The number of nitrogens with one attached hydrogen (secondary N) is 1. The molecule has 0 aromatic heterocycles. The molecule has 3 aromatic carbocycles. The summed E-state index contributed by atoms with van der Waals surface area (Å²) in [6.07, 6.45) is 0.380. The first kappa shape index (κ1) is 29.6. The summed E-state index contributed by atoms with van der Waals surface area (Å²) in [5.74, 6) is -0.731. The lowest BCUT2D eigenvalue weighted by atomic mass is 10.1. The number of nitrogens with zero attached hydrogens (tertiary/aromatic N) is 2. The molecule has 1 N–H and O–H groups in total. The fraction of sp³-hybridized carbons (Fsp3) is 0.310. The Balaban J connectivity index is 2.05. The third kappa shape index (κ3) is 7.57. The molecular formula is C29H34IN3O4S. The van der Waals surface area contributed by atoms with Gasteiger partial charge in [-0.05, 0) is 91.7 Å². The summed E-state index contributed by atoms with van der Waals surface area (Å²) in [4.78, 5) is 28.7. The molecule has 9 heteroatoms. The van der Waals surface area contributed by atoms with Gasteiger partial charge in [0.2, 0.25) is 11.8 Å². The molecule has 0 heterocycles. The van der Waals surface area contributed by atoms with Gasteiger partial charge in [-0.1, -0.05) is 55.0 Å². The minimum Gasteiger partial charge on any atom is -0.352 e. The van der Waals surface area contributed by atoms with Gasteiger partial charge in [-0.15, -0.1) is 0 Å². The highest BCUT2D eigenvalue weighted by Crippen LogP contribution is 2.25. The fourth-order valence-electron chi connectivity index (χ4n) is 4.16. The molecule has 0 aliphatic heterocycles. The van der Waals surface area contributed by atoms with E-state index in [-0.39, 0.29) is 23.4 Å². The fourth-order valence-corrected chi connectivity index (χ4v) is 5.96. The van der Waals surface area contributed by atoms with Gasteiger partial charge in [-0.3, -0.25) is 13.9 Å². The molecule has 3 rings (SSSR count). The Morgan fingerprint density at radius 2 is 1.61 bits per heavy atom. The lowest BCUT2D eigenvalue weighted by Crippen LogP contribution is -2.53. The zero-order valence-electron chi connectivity index (χ0n) is 22.1. The minimum absolute atomic E-state index is 0.0844. The van der Waals surface area contributed by atoms with Crippen LogP contribution in [0.1, 0.15) is 38.3 Å². The molecule has 0 fully saturated rings. The average molecular weight is 648 g/mol. The van der Waals surface area contributed by atoms with E-state index in [1.165, 1.54) is 17.0 Å². The third-order valence-corrected chi connectivity index (χ3v) is 8.48. The lowest BCUT2D eigenvalue weighted by molar-refractivity contribution is -0.140. The number of amides is 2. The van der Waals surface area contributed by atoms with Gasteiger partial charge in [0, 0.05) is 16.2 Å². The second-order valence-corrected chi connectivity index (χ2v) is 12.5. The number of sulfonamides is 1. The molecular weight excluding hydrogens is 613 g/mol. The summed E-state index contributed by atoms with van der Waals surface area (Å²) in [5.41, 5.74) is 2.26. The predicted molar refractivity (Wildman–Crippen MR) is 159 cm³/mol. The summed E-state index contributed by atoms with van der Waals surface area (Å²) >= 11 is 2.15. The molecule has 0 spiro atoms. The first-order valence-electron chi connectivity index (χ1n) is 12.5. The average Bonchev–Trinajstić information content (AvgIpc) is 2.87. The van der Waals surface area contributed by atoms with Crippen molar-refractivity contribution in [3.05, 3.63) is 93.6 Å². The summed E-state index contributed by atoms with van der Waals surface area (Å²) in [6, 6.07) is 21.9. The van der Waals surface area contributed by atoms with Crippen molar-refractivity contribution in [1.29, 1.82) is 0 Å². The maximum atomic E-state index is 14.0. The van der Waals surface area contributed by atoms with Crippen LogP contribution in [0.4, 0.5) is 5.69 Å². The maximum Gasteiger partial charge on any atom is 0.264 e. The van der Waals surface area contributed by atoms with Crippen molar-refractivity contribution in [2.75, 3.05) is 10.8 Å². The first-order valence-corrected chi connectivity index (χ1v) is 15.0. The van der Waals surface area contributed by atoms with E-state index >= 15 is 0 Å². The van der Waals surface area contributed by atoms with Crippen molar-refractivity contribution in [2.24, 2.45) is 0 Å². The van der Waals surface area contributed by atoms with Crippen LogP contribution in [0.2, 0.25) is 0 Å². The lowest BCUT2D eigenvalue weighted by Gasteiger charge is -2.33. The SMILES string of the molecule is CCC(C(=O)NC(C)C)N(Cc1cccc(C)c1)C(=O)CN(c1ccc(I)cc1)S(=O)(=O)c1ccccc1. The van der Waals surface area contributed by atoms with E-state index < -0.39 is 28.5 Å². The zero-order chi connectivity index (χ0) is 27.9. The number of hydrogen-bond acceptors (Lipinski definition) is 4. The molecule has 0 saturated carbocycles. The molecule has 7 nitrogen and oxygen atoms in total. The summed E-state index contributed by atoms with van der Waals surface area (Å²) in [6.45, 7) is 7.26. The van der Waals surface area contributed by atoms with Crippen molar-refractivity contribution in [1.82, 2.24) is 10.2 Å². The van der Waals surface area contributed by atoms with E-state index in [0.717, 1.165) is 19.0 Å². The Morgan fingerprint density at radius 1 is 0.947 bits per heavy atom. The largest absolute Gasteiger partial charge is 0.352 e. The monoisotopic (exact) mass is 647 g/mol. The standard InChI is InChI=1S/C29H34IN3O4S/c1-5-27(29(35)31-21(2)3)32(19-23-11-9-10-22(4)18-23)28(34)20-33(25-16-14-24(30)15-17-25)38(36,37)26-12-7-6-8-13-26/h6-18,21,27H,5,19-20H2,1-4H3,(H,31,35). The second-order valence-electron chi connectivity index (χ2n) is 9.40. The maximum absolute atomic E-state index is 14.0. The number of benzene rings is 3. The van der Waals surface area contributed by atoms with Gasteiger partial charge in [0.05, 0.1) is 10.6 Å². The molecule has 1 unspecified atom stereocenters. The Bertz CT molecular complexity index is 1350. The minimum atomic E-state index is -4.06. The van der Waals surface area contributed by atoms with Crippen molar-refractivity contribution < 1.29 is 18.0 Å². The first-order chi connectivity index (χ1) is 18.0. The van der Waals surface area contributed by atoms with Crippen molar-refractivity contribution in [3.63, 3.8) is 0 Å². The van der Waals surface area contributed by atoms with Gasteiger partial charge < -0.3 is 10.2 Å². The highest BCUT2D eigenvalue weighted by atomic mass is 127. The molecule has 0 aliphatic carbocycles. The van der Waals surface area contributed by atoms with E-state index in [9.17, 15) is 18.0 Å². The summed E-state index contributed by atoms with van der Waals surface area (Å²) < 4.78 is 29.6. The van der Waals surface area contributed by atoms with Crippen LogP contribution < -0.4 is 9.62 Å². The Morgan fingerprint density at radius 3 is 2.18 bits per heavy atom. The van der Waals surface area contributed by atoms with Crippen LogP contribution in [0.15, 0.2) is 83.8 Å². The molecule has 1 atom stereocenters. The Hall–Kier alpha value is -2.92. The highest BCUT2D eigenvalue weighted by molar-refractivity contribution is 14.1. The molecule has 0 saturated heterocycles. The second kappa shape index (κ2) is 13.2. The van der Waals surface area contributed by atoms with Crippen LogP contribution in [0.25, 0.3) is 0 Å². The van der Waals surface area contributed by atoms with Crippen LogP contribution >= 0.6 is 22.6 Å². The molecule has 3 aromatic rings. The van der Waals surface area contributed by atoms with E-state index in [0.29, 0.717) is 12.1 Å². The number of anilines is 1. The Kier molecular flexibility index (Phi) is 10.3. The van der Waals surface area contributed by atoms with Crippen molar-refractivity contribution >= 4 is 50.1 Å². The highest BCUT2D eigenvalue weighted by Gasteiger charge is 2.33. The van der Waals surface area contributed by atoms with Crippen LogP contribution in [0, 0.1) is 10.5 Å². The van der Waals surface area contributed by atoms with Gasteiger partial charge in [0.15, 0.2) is 0 Å². The number of hydrogen-bond donors (Lipinski definition) is 1. The van der Waals surface area contributed by atoms with Gasteiger partial charge in [0.25, 0.3) is 10.0 Å². The van der Waals surface area contributed by atoms with Gasteiger partial charge >= 0.3 is 0 Å². The van der Waals surface area contributed by atoms with Gasteiger partial charge in [0.1, 0.15) is 12.6 Å². The number of carbonyl (C=O) groups excluding carboxylic acids is 2. The smallest absolute Gasteiger partial charge is 0.264 e. The summed E-state index contributed by atoms with van der Waals surface area (Å²) in [7, 11) is -4.06. The van der Waals surface area contributed by atoms with Crippen molar-refractivity contribution in [2.45, 2.75) is 57.6 Å². The zero-order valence-corrected chi connectivity index (χ0v) is 25.1. The predicted octanol–water partition coefficient (Wildman–Crippen LogP) is 5.13. The van der Waals surface area contributed by atoms with Crippen LogP contribution in [0.3, 0.4) is 0 Å². The topological polar surface area (TPSA) is 86.8 Å². The molecule has 0 radical (unpaired) electrons. The van der Waals surface area contributed by atoms with Gasteiger partial charge in [-0.2, -0.15) is 0 Å². The molecule has 2 amide bonds. The number of carbonyl (C=O) groups is 2. The molecule has 0 bridgehead atoms. The van der Waals surface area contributed by atoms with Crippen LogP contribution in [0.5, 0.6) is 0 Å². The molecule has 38 heavy (non-hydrogen) atoms. The molecule has 0 aliphatic rings. The van der Waals surface area contributed by atoms with E-state index in [1.807, 2.05) is 52.0 Å². The normalized spacial score (nSPS) is 12.2. The summed E-state index contributed by atoms with van der Waals surface area (Å²) in [5, 5.41) is 2.91. The van der Waals surface area contributed by atoms with Crippen molar-refractivity contribution in [3.8, 4) is 0 Å².